The first-order valence-corrected chi connectivity index (χ1v) is 27.1. The number of esters is 3. The molecule has 0 radical (unpaired) electrons. The Kier molecular flexibility index (Phi) is 16.6. The Bertz CT molecular complexity index is 1990. The quantitative estimate of drug-likeness (QED) is 0.0754. The number of aliphatic hydroxyl groups is 3. The fourth-order valence-corrected chi connectivity index (χ4v) is 15.2. The summed E-state index contributed by atoms with van der Waals surface area (Å²) in [5.74, 6) is -1.62. The lowest BCUT2D eigenvalue weighted by Crippen LogP contribution is -2.67. The van der Waals surface area contributed by atoms with Crippen LogP contribution >= 0.6 is 0 Å². The van der Waals surface area contributed by atoms with Crippen molar-refractivity contribution in [1.29, 1.82) is 0 Å². The van der Waals surface area contributed by atoms with E-state index in [1.807, 2.05) is 34.6 Å². The second-order valence-electron chi connectivity index (χ2n) is 26.2. The smallest absolute Gasteiger partial charge is 0.426 e. The van der Waals surface area contributed by atoms with E-state index < -0.39 is 95.5 Å². The molecule has 11 unspecified atom stereocenters. The zero-order valence-electron chi connectivity index (χ0n) is 44.9. The van der Waals surface area contributed by atoms with E-state index in [-0.39, 0.29) is 35.0 Å². The summed E-state index contributed by atoms with van der Waals surface area (Å²) in [5.41, 5.74) is -14.7. The number of carbonyl (C=O) groups excluding carboxylic acids is 3. The fraction of sp³-hybridized carbons (Fsp3) is 0.944. The molecule has 0 aromatic carbocycles. The third-order valence-corrected chi connectivity index (χ3v) is 20.2. The normalized spacial score (nSPS) is 36.5. The third kappa shape index (κ3) is 11.2. The highest BCUT2D eigenvalue weighted by Crippen LogP contribution is 2.71. The number of halogens is 12. The predicted octanol–water partition coefficient (Wildman–Crippen LogP) is 13.3. The Balaban J connectivity index is 0.000000192. The molecule has 9 fully saturated rings. The van der Waals surface area contributed by atoms with Crippen molar-refractivity contribution in [3.63, 3.8) is 0 Å². The van der Waals surface area contributed by atoms with Gasteiger partial charge in [-0.2, -0.15) is 52.7 Å². The lowest BCUT2D eigenvalue weighted by molar-refractivity contribution is -0.405. The molecule has 3 N–H and O–H groups in total. The largest absolute Gasteiger partial charge is 0.462 e. The van der Waals surface area contributed by atoms with Crippen molar-refractivity contribution in [2.45, 2.75) is 244 Å². The van der Waals surface area contributed by atoms with Crippen molar-refractivity contribution in [2.75, 3.05) is 0 Å². The molecule has 8 bridgehead atoms. The van der Waals surface area contributed by atoms with Gasteiger partial charge in [0.05, 0.1) is 21.8 Å². The standard InChI is InChI=1S/C20H32O2.C18H22F12O4.C16H26O3/c1-5-19(3,4)18(21)22-20(6-2)11-14-10-15(20)17-13-8-7-12(9-13)16(14)17;1-4-12(2,3)11(31)34-10-6-8(13(32,15(19,20)21)16(22,23)24)5-9(7-10)14(33,17(25,26)27)18(28,29)30;1-4-14(2,3)13(17)19-16-8-11-5-12(9-16)7-15(18,6-11)10-16/h12-17H,5-11H2,1-4H3;8-10,32-33H,4-7H2,1-3H3;11-12,18H,4-10H2,1-3H3. The van der Waals surface area contributed by atoms with Crippen LogP contribution < -0.4 is 0 Å². The molecule has 0 aliphatic heterocycles. The van der Waals surface area contributed by atoms with Crippen LogP contribution in [0.2, 0.25) is 0 Å². The molecule has 9 rings (SSSR count). The number of hydrogen-bond acceptors (Lipinski definition) is 9. The molecule has 0 spiro atoms. The molecule has 9 nitrogen and oxygen atoms in total. The third-order valence-electron chi connectivity index (χ3n) is 20.2. The monoisotopic (exact) mass is 1100 g/mol. The molecule has 9 aliphatic rings. The van der Waals surface area contributed by atoms with Gasteiger partial charge in [-0.1, -0.05) is 27.7 Å². The number of ether oxygens (including phenoxy) is 3. The van der Waals surface area contributed by atoms with E-state index in [1.165, 1.54) is 52.9 Å². The van der Waals surface area contributed by atoms with Gasteiger partial charge in [-0.3, -0.25) is 14.4 Å². The van der Waals surface area contributed by atoms with Crippen molar-refractivity contribution < 1.29 is 96.6 Å². The van der Waals surface area contributed by atoms with E-state index in [2.05, 4.69) is 13.8 Å². The van der Waals surface area contributed by atoms with Gasteiger partial charge in [-0.25, -0.2) is 0 Å². The maximum absolute atomic E-state index is 13.3. The summed E-state index contributed by atoms with van der Waals surface area (Å²) in [7, 11) is 0. The molecule has 9 saturated carbocycles. The maximum Gasteiger partial charge on any atom is 0.426 e. The van der Waals surface area contributed by atoms with E-state index in [0.29, 0.717) is 24.2 Å². The van der Waals surface area contributed by atoms with Gasteiger partial charge >= 0.3 is 42.6 Å². The van der Waals surface area contributed by atoms with Gasteiger partial charge in [-0.05, 0) is 192 Å². The molecule has 75 heavy (non-hydrogen) atoms. The SMILES string of the molecule is CCC(C)(C)C(=O)OC1(CC)CC2CC1C1C3CCC(C3)C21.CCC(C)(C)C(=O)OC12CC3CC(CC(O)(C3)C1)C2.CCC(C)(C)C(=O)OC1CC(C(O)(C(F)(F)F)C(F)(F)F)CC(C(O)(C(F)(F)F)C(F)(F)F)C1. The minimum absolute atomic E-state index is 0.0184. The number of fused-ring (bicyclic) bond motifs is 9. The molecule has 21 heteroatoms. The zero-order valence-corrected chi connectivity index (χ0v) is 44.9. The minimum atomic E-state index is -6.58. The first kappa shape index (κ1) is 61.7. The summed E-state index contributed by atoms with van der Waals surface area (Å²) in [6.07, 6.45) is -18.8. The van der Waals surface area contributed by atoms with Crippen LogP contribution in [0, 0.1) is 75.4 Å². The van der Waals surface area contributed by atoms with Crippen LogP contribution in [0.15, 0.2) is 0 Å². The van der Waals surface area contributed by atoms with E-state index in [4.69, 9.17) is 14.2 Å². The van der Waals surface area contributed by atoms with Crippen LogP contribution in [0.4, 0.5) is 52.7 Å². The highest BCUT2D eigenvalue weighted by atomic mass is 19.4. The molecule has 11 atom stereocenters. The molecule has 434 valence electrons. The number of rotatable bonds is 12. The summed E-state index contributed by atoms with van der Waals surface area (Å²) >= 11 is 0. The number of carbonyl (C=O) groups is 3. The van der Waals surface area contributed by atoms with E-state index in [1.54, 1.807) is 0 Å². The Hall–Kier alpha value is -2.55. The molecular formula is C54H80F12O9. The average molecular weight is 1100 g/mol. The first-order chi connectivity index (χ1) is 33.9. The summed E-state index contributed by atoms with van der Waals surface area (Å²) < 4.78 is 177. The maximum atomic E-state index is 13.3. The highest BCUT2D eigenvalue weighted by molar-refractivity contribution is 5.77. The number of alkyl halides is 12. The van der Waals surface area contributed by atoms with Gasteiger partial charge in [0.15, 0.2) is 0 Å². The minimum Gasteiger partial charge on any atom is -0.462 e. The van der Waals surface area contributed by atoms with Crippen LogP contribution in [0.1, 0.15) is 185 Å². The topological polar surface area (TPSA) is 140 Å². The molecule has 0 aromatic heterocycles. The predicted molar refractivity (Wildman–Crippen MR) is 249 cm³/mol. The highest BCUT2D eigenvalue weighted by Gasteiger charge is 2.79. The van der Waals surface area contributed by atoms with Crippen molar-refractivity contribution in [3.05, 3.63) is 0 Å². The zero-order chi connectivity index (χ0) is 56.9. The summed E-state index contributed by atoms with van der Waals surface area (Å²) in [6, 6.07) is 0. The second kappa shape index (κ2) is 20.2. The van der Waals surface area contributed by atoms with Gasteiger partial charge in [0, 0.05) is 24.2 Å². The van der Waals surface area contributed by atoms with Crippen LogP contribution in [0.25, 0.3) is 0 Å². The fourth-order valence-electron chi connectivity index (χ4n) is 15.2. The number of hydrogen-bond donors (Lipinski definition) is 3. The van der Waals surface area contributed by atoms with Crippen molar-refractivity contribution >= 4 is 17.9 Å². The van der Waals surface area contributed by atoms with Gasteiger partial charge in [0.1, 0.15) is 17.3 Å². The van der Waals surface area contributed by atoms with E-state index in [9.17, 15) is 82.4 Å². The van der Waals surface area contributed by atoms with Gasteiger partial charge in [0.2, 0.25) is 0 Å². The Morgan fingerprint density at radius 2 is 0.920 bits per heavy atom. The van der Waals surface area contributed by atoms with Gasteiger partial charge < -0.3 is 29.5 Å². The van der Waals surface area contributed by atoms with E-state index in [0.717, 1.165) is 81.0 Å². The summed E-state index contributed by atoms with van der Waals surface area (Å²) in [6.45, 7) is 18.1. The van der Waals surface area contributed by atoms with Gasteiger partial charge in [0.25, 0.3) is 11.2 Å². The van der Waals surface area contributed by atoms with Crippen LogP contribution in [-0.4, -0.2) is 92.0 Å². The second-order valence-corrected chi connectivity index (χ2v) is 26.2. The van der Waals surface area contributed by atoms with Crippen molar-refractivity contribution in [2.24, 2.45) is 75.4 Å². The van der Waals surface area contributed by atoms with Crippen molar-refractivity contribution in [1.82, 2.24) is 0 Å². The molecule has 0 aromatic rings. The summed E-state index contributed by atoms with van der Waals surface area (Å²) in [5, 5.41) is 29.9. The molecule has 0 heterocycles. The average Bonchev–Trinajstić information content (AvgIpc) is 4.08. The lowest BCUT2D eigenvalue weighted by atomic mass is 9.52. The summed E-state index contributed by atoms with van der Waals surface area (Å²) in [4.78, 5) is 37.3. The van der Waals surface area contributed by atoms with Crippen LogP contribution in [-0.2, 0) is 28.6 Å². The Labute approximate surface area is 432 Å². The lowest BCUT2D eigenvalue weighted by Gasteiger charge is -2.59. The van der Waals surface area contributed by atoms with E-state index >= 15 is 0 Å². The molecular weight excluding hydrogens is 1020 g/mol. The van der Waals surface area contributed by atoms with Crippen LogP contribution in [0.5, 0.6) is 0 Å². The Morgan fingerprint density at radius 1 is 0.507 bits per heavy atom. The van der Waals surface area contributed by atoms with Crippen molar-refractivity contribution in [3.8, 4) is 0 Å². The Morgan fingerprint density at radius 3 is 1.32 bits per heavy atom. The van der Waals surface area contributed by atoms with Crippen LogP contribution in [0.3, 0.4) is 0 Å². The molecule has 0 saturated heterocycles. The molecule has 9 aliphatic carbocycles. The first-order valence-electron chi connectivity index (χ1n) is 27.1. The molecule has 0 amide bonds. The van der Waals surface area contributed by atoms with Gasteiger partial charge in [-0.15, -0.1) is 0 Å².